The fraction of sp³-hybridized carbons (Fsp3) is 0.533. The summed E-state index contributed by atoms with van der Waals surface area (Å²) in [5.41, 5.74) is 1.06. The Morgan fingerprint density at radius 3 is 3.05 bits per heavy atom. The molecule has 0 bridgehead atoms. The molecule has 0 saturated heterocycles. The normalized spacial score (nSPS) is 24.6. The van der Waals surface area contributed by atoms with Gasteiger partial charge in [-0.25, -0.2) is 4.98 Å². The van der Waals surface area contributed by atoms with E-state index < -0.39 is 10.8 Å². The summed E-state index contributed by atoms with van der Waals surface area (Å²) in [5, 5.41) is 4.91. The van der Waals surface area contributed by atoms with Gasteiger partial charge in [0.2, 0.25) is 0 Å². The van der Waals surface area contributed by atoms with Crippen LogP contribution in [0.15, 0.2) is 24.3 Å². The van der Waals surface area contributed by atoms with Crippen molar-refractivity contribution in [2.24, 2.45) is 0 Å². The van der Waals surface area contributed by atoms with Crippen molar-refractivity contribution < 1.29 is 4.21 Å². The average molecular weight is 308 g/mol. The molecule has 1 N–H and O–H groups in total. The van der Waals surface area contributed by atoms with Crippen molar-refractivity contribution in [2.75, 3.05) is 11.1 Å². The highest BCUT2D eigenvalue weighted by molar-refractivity contribution is 7.85. The minimum atomic E-state index is -0.664. The van der Waals surface area contributed by atoms with Gasteiger partial charge >= 0.3 is 0 Å². The van der Waals surface area contributed by atoms with Gasteiger partial charge in [0.1, 0.15) is 0 Å². The van der Waals surface area contributed by atoms with Crippen molar-refractivity contribution >= 4 is 37.5 Å². The first kappa shape index (κ1) is 14.0. The number of nitrogens with one attached hydrogen (secondary N) is 1. The van der Waals surface area contributed by atoms with E-state index in [0.29, 0.717) is 11.3 Å². The van der Waals surface area contributed by atoms with Gasteiger partial charge in [0.15, 0.2) is 5.13 Å². The van der Waals surface area contributed by atoms with Crippen LogP contribution in [0, 0.1) is 0 Å². The van der Waals surface area contributed by atoms with Crippen molar-refractivity contribution in [3.05, 3.63) is 24.3 Å². The lowest BCUT2D eigenvalue weighted by molar-refractivity contribution is 0.465. The number of benzene rings is 1. The molecule has 20 heavy (non-hydrogen) atoms. The molecule has 1 aromatic carbocycles. The third-order valence-electron chi connectivity index (χ3n) is 3.90. The highest BCUT2D eigenvalue weighted by Gasteiger charge is 2.25. The second-order valence-corrected chi connectivity index (χ2v) is 8.32. The number of aromatic nitrogens is 1. The van der Waals surface area contributed by atoms with E-state index >= 15 is 0 Å². The Balaban J connectivity index is 1.69. The molecule has 1 aliphatic carbocycles. The molecule has 3 rings (SSSR count). The molecule has 1 fully saturated rings. The summed E-state index contributed by atoms with van der Waals surface area (Å²) in [6.07, 6.45) is 4.45. The number of fused-ring (bicyclic) bond motifs is 1. The molecular formula is C15H20N2OS2. The van der Waals surface area contributed by atoms with E-state index in [0.717, 1.165) is 35.7 Å². The Hall–Kier alpha value is -0.940. The standard InChI is InChI=1S/C15H20N2OS2/c1-2-20(18)12-7-5-6-11(10-12)16-15-17-13-8-3-4-9-14(13)19-15/h3-4,8-9,11-12H,2,5-7,10H2,1H3,(H,16,17). The third kappa shape index (κ3) is 3.04. The lowest BCUT2D eigenvalue weighted by atomic mass is 9.95. The molecule has 0 amide bonds. The predicted molar refractivity (Wildman–Crippen MR) is 88.0 cm³/mol. The first-order chi connectivity index (χ1) is 9.76. The van der Waals surface area contributed by atoms with Crippen LogP contribution in [0.1, 0.15) is 32.6 Å². The van der Waals surface area contributed by atoms with Crippen molar-refractivity contribution in [3.63, 3.8) is 0 Å². The van der Waals surface area contributed by atoms with Gasteiger partial charge in [0.05, 0.1) is 10.2 Å². The van der Waals surface area contributed by atoms with E-state index in [9.17, 15) is 4.21 Å². The lowest BCUT2D eigenvalue weighted by Crippen LogP contribution is -2.32. The maximum absolute atomic E-state index is 12.0. The van der Waals surface area contributed by atoms with Crippen LogP contribution in [0.25, 0.3) is 10.2 Å². The monoisotopic (exact) mass is 308 g/mol. The Morgan fingerprint density at radius 2 is 2.25 bits per heavy atom. The summed E-state index contributed by atoms with van der Waals surface area (Å²) >= 11 is 1.71. The van der Waals surface area contributed by atoms with E-state index in [1.807, 2.05) is 25.1 Å². The number of anilines is 1. The van der Waals surface area contributed by atoms with Crippen LogP contribution in [0.4, 0.5) is 5.13 Å². The summed E-state index contributed by atoms with van der Waals surface area (Å²) in [7, 11) is -0.664. The van der Waals surface area contributed by atoms with E-state index in [1.54, 1.807) is 11.3 Å². The molecule has 1 aromatic heterocycles. The van der Waals surface area contributed by atoms with Crippen LogP contribution < -0.4 is 5.32 Å². The Labute approximate surface area is 126 Å². The quantitative estimate of drug-likeness (QED) is 0.934. The van der Waals surface area contributed by atoms with Crippen LogP contribution in [0.3, 0.4) is 0 Å². The number of hydrogen-bond donors (Lipinski definition) is 1. The van der Waals surface area contributed by atoms with E-state index in [4.69, 9.17) is 0 Å². The molecule has 2 aromatic rings. The number of para-hydroxylation sites is 1. The highest BCUT2D eigenvalue weighted by atomic mass is 32.2. The van der Waals surface area contributed by atoms with Crippen LogP contribution in [0.2, 0.25) is 0 Å². The molecule has 0 spiro atoms. The van der Waals surface area contributed by atoms with Gasteiger partial charge < -0.3 is 5.32 Å². The number of rotatable bonds is 4. The Kier molecular flexibility index (Phi) is 4.36. The average Bonchev–Trinajstić information content (AvgIpc) is 2.88. The van der Waals surface area contributed by atoms with Crippen molar-refractivity contribution in [1.82, 2.24) is 4.98 Å². The van der Waals surface area contributed by atoms with E-state index in [1.165, 1.54) is 11.1 Å². The van der Waals surface area contributed by atoms with Crippen LogP contribution in [-0.2, 0) is 10.8 Å². The second-order valence-electron chi connectivity index (χ2n) is 5.29. The molecule has 0 aliphatic heterocycles. The Morgan fingerprint density at radius 1 is 1.40 bits per heavy atom. The zero-order valence-corrected chi connectivity index (χ0v) is 13.3. The summed E-state index contributed by atoms with van der Waals surface area (Å²) in [5.74, 6) is 0.776. The molecule has 0 radical (unpaired) electrons. The maximum atomic E-state index is 12.0. The fourth-order valence-electron chi connectivity index (χ4n) is 2.86. The molecule has 1 heterocycles. The number of nitrogens with zero attached hydrogens (tertiary/aromatic N) is 1. The molecule has 5 heteroatoms. The van der Waals surface area contributed by atoms with Gasteiger partial charge in [-0.1, -0.05) is 36.8 Å². The number of thiazole rings is 1. The van der Waals surface area contributed by atoms with Crippen LogP contribution in [0.5, 0.6) is 0 Å². The predicted octanol–water partition coefficient (Wildman–Crippen LogP) is 3.79. The zero-order valence-electron chi connectivity index (χ0n) is 11.7. The molecule has 3 atom stereocenters. The summed E-state index contributed by atoms with van der Waals surface area (Å²) in [4.78, 5) is 4.63. The minimum absolute atomic E-state index is 0.362. The van der Waals surface area contributed by atoms with Gasteiger partial charge in [-0.2, -0.15) is 0 Å². The van der Waals surface area contributed by atoms with E-state index in [2.05, 4.69) is 16.4 Å². The topological polar surface area (TPSA) is 42.0 Å². The molecule has 3 nitrogen and oxygen atoms in total. The molecule has 1 saturated carbocycles. The summed E-state index contributed by atoms with van der Waals surface area (Å²) in [6, 6.07) is 8.64. The Bertz CT molecular complexity index is 578. The minimum Gasteiger partial charge on any atom is -0.359 e. The zero-order chi connectivity index (χ0) is 13.9. The molecular weight excluding hydrogens is 288 g/mol. The fourth-order valence-corrected chi connectivity index (χ4v) is 5.15. The summed E-state index contributed by atoms with van der Waals surface area (Å²) in [6.45, 7) is 2.01. The summed E-state index contributed by atoms with van der Waals surface area (Å²) < 4.78 is 13.2. The first-order valence-electron chi connectivity index (χ1n) is 7.25. The smallest absolute Gasteiger partial charge is 0.184 e. The lowest BCUT2D eigenvalue weighted by Gasteiger charge is -2.28. The van der Waals surface area contributed by atoms with Crippen molar-refractivity contribution in [3.8, 4) is 0 Å². The third-order valence-corrected chi connectivity index (χ3v) is 6.61. The number of hydrogen-bond acceptors (Lipinski definition) is 4. The molecule has 3 unspecified atom stereocenters. The van der Waals surface area contributed by atoms with Crippen LogP contribution >= 0.6 is 11.3 Å². The van der Waals surface area contributed by atoms with E-state index in [-0.39, 0.29) is 0 Å². The molecule has 108 valence electrons. The van der Waals surface area contributed by atoms with Gasteiger partial charge in [-0.15, -0.1) is 0 Å². The van der Waals surface area contributed by atoms with Gasteiger partial charge in [-0.05, 0) is 31.4 Å². The first-order valence-corrected chi connectivity index (χ1v) is 9.45. The van der Waals surface area contributed by atoms with Gasteiger partial charge in [-0.3, -0.25) is 4.21 Å². The highest BCUT2D eigenvalue weighted by Crippen LogP contribution is 2.30. The second kappa shape index (κ2) is 6.22. The van der Waals surface area contributed by atoms with Gasteiger partial charge in [0.25, 0.3) is 0 Å². The largest absolute Gasteiger partial charge is 0.359 e. The molecule has 1 aliphatic rings. The van der Waals surface area contributed by atoms with Crippen molar-refractivity contribution in [2.45, 2.75) is 43.9 Å². The maximum Gasteiger partial charge on any atom is 0.184 e. The SMILES string of the molecule is CCS(=O)C1CCCC(Nc2nc3ccccc3s2)C1. The van der Waals surface area contributed by atoms with Crippen molar-refractivity contribution in [1.29, 1.82) is 0 Å². The van der Waals surface area contributed by atoms with Gasteiger partial charge in [0, 0.05) is 27.8 Å². The van der Waals surface area contributed by atoms with Crippen LogP contribution in [-0.4, -0.2) is 26.2 Å².